The van der Waals surface area contributed by atoms with E-state index >= 15 is 0 Å². The average molecular weight is 746 g/mol. The molecular weight excluding hydrogens is 713 g/mol. The Morgan fingerprint density at radius 3 is 2.37 bits per heavy atom. The standard InChI is InChI=1S/C36H32IN3O5S/c1-6-45-35(42)31-32(23-10-8-7-9-11-23)38-36-40(33(31)24-12-17-28(43-4)29(19-24)44-5)34(41)30(46-36)20-25-18-21(2)39(22(25)3)27-15-13-26(37)14-16-27/h7-20,33H,6H2,1-5H3/b30-20-/t33-/m1/s1. The van der Waals surface area contributed by atoms with Crippen LogP contribution in [0, 0.1) is 17.4 Å². The van der Waals surface area contributed by atoms with E-state index in [4.69, 9.17) is 19.2 Å². The molecule has 1 atom stereocenters. The van der Waals surface area contributed by atoms with Gasteiger partial charge in [-0.05, 0) is 103 Å². The number of aryl methyl sites for hydroxylation is 1. The first-order valence-corrected chi connectivity index (χ1v) is 16.6. The van der Waals surface area contributed by atoms with Crippen molar-refractivity contribution in [1.82, 2.24) is 9.13 Å². The molecule has 0 unspecified atom stereocenters. The molecule has 0 amide bonds. The minimum atomic E-state index is -0.827. The molecule has 0 spiro atoms. The first-order chi connectivity index (χ1) is 22.2. The van der Waals surface area contributed by atoms with Crippen molar-refractivity contribution in [2.75, 3.05) is 20.8 Å². The van der Waals surface area contributed by atoms with Gasteiger partial charge in [0.2, 0.25) is 0 Å². The summed E-state index contributed by atoms with van der Waals surface area (Å²) in [6.07, 6.45) is 1.91. The Labute approximate surface area is 284 Å². The lowest BCUT2D eigenvalue weighted by molar-refractivity contribution is -0.138. The third kappa shape index (κ3) is 5.71. The number of halogens is 1. The van der Waals surface area contributed by atoms with E-state index in [1.807, 2.05) is 49.4 Å². The van der Waals surface area contributed by atoms with E-state index in [2.05, 4.69) is 64.4 Å². The number of rotatable bonds is 8. The molecule has 2 aromatic heterocycles. The van der Waals surface area contributed by atoms with Crippen LogP contribution >= 0.6 is 33.9 Å². The second-order valence-electron chi connectivity index (χ2n) is 10.7. The minimum Gasteiger partial charge on any atom is -0.493 e. The maximum atomic E-state index is 14.4. The van der Waals surface area contributed by atoms with E-state index in [1.165, 1.54) is 11.3 Å². The largest absolute Gasteiger partial charge is 0.493 e. The van der Waals surface area contributed by atoms with Crippen molar-refractivity contribution in [2.24, 2.45) is 4.99 Å². The summed E-state index contributed by atoms with van der Waals surface area (Å²) < 4.78 is 22.1. The molecule has 46 heavy (non-hydrogen) atoms. The van der Waals surface area contributed by atoms with Crippen LogP contribution in [-0.4, -0.2) is 35.9 Å². The van der Waals surface area contributed by atoms with Crippen LogP contribution in [0.5, 0.6) is 11.5 Å². The molecule has 0 bridgehead atoms. The van der Waals surface area contributed by atoms with Crippen LogP contribution in [0.2, 0.25) is 0 Å². The van der Waals surface area contributed by atoms with E-state index in [0.29, 0.717) is 32.1 Å². The topological polar surface area (TPSA) is 84.1 Å². The second kappa shape index (κ2) is 13.1. The van der Waals surface area contributed by atoms with Crippen LogP contribution in [0.25, 0.3) is 17.5 Å². The third-order valence-corrected chi connectivity index (χ3v) is 9.64. The highest BCUT2D eigenvalue weighted by Crippen LogP contribution is 2.38. The molecule has 3 aromatic carbocycles. The van der Waals surface area contributed by atoms with Gasteiger partial charge in [0.1, 0.15) is 0 Å². The highest BCUT2D eigenvalue weighted by molar-refractivity contribution is 14.1. The van der Waals surface area contributed by atoms with Crippen LogP contribution in [-0.2, 0) is 9.53 Å². The lowest BCUT2D eigenvalue weighted by Crippen LogP contribution is -2.40. The number of carbonyl (C=O) groups is 1. The zero-order valence-electron chi connectivity index (χ0n) is 26.0. The van der Waals surface area contributed by atoms with Crippen LogP contribution in [0.15, 0.2) is 94.2 Å². The zero-order chi connectivity index (χ0) is 32.5. The Balaban J connectivity index is 1.61. The number of benzene rings is 3. The molecule has 1 aliphatic heterocycles. The molecule has 6 rings (SSSR count). The number of thiazole rings is 1. The van der Waals surface area contributed by atoms with Crippen molar-refractivity contribution in [3.8, 4) is 17.2 Å². The molecule has 0 aliphatic carbocycles. The van der Waals surface area contributed by atoms with Crippen LogP contribution in [0.4, 0.5) is 0 Å². The van der Waals surface area contributed by atoms with Crippen molar-refractivity contribution >= 4 is 51.7 Å². The number of methoxy groups -OCH3 is 2. The maximum absolute atomic E-state index is 14.4. The quantitative estimate of drug-likeness (QED) is 0.145. The molecule has 1 aliphatic rings. The van der Waals surface area contributed by atoms with Gasteiger partial charge < -0.3 is 18.8 Å². The molecule has 8 nitrogen and oxygen atoms in total. The van der Waals surface area contributed by atoms with E-state index < -0.39 is 12.0 Å². The van der Waals surface area contributed by atoms with E-state index in [-0.39, 0.29) is 17.7 Å². The van der Waals surface area contributed by atoms with Gasteiger partial charge in [0.15, 0.2) is 16.3 Å². The van der Waals surface area contributed by atoms with Gasteiger partial charge in [-0.3, -0.25) is 9.36 Å². The van der Waals surface area contributed by atoms with Crippen molar-refractivity contribution < 1.29 is 19.0 Å². The third-order valence-electron chi connectivity index (χ3n) is 7.94. The summed E-state index contributed by atoms with van der Waals surface area (Å²) in [5.41, 5.74) is 5.93. The number of ether oxygens (including phenoxy) is 3. The number of hydrogen-bond acceptors (Lipinski definition) is 7. The lowest BCUT2D eigenvalue weighted by atomic mass is 9.93. The number of fused-ring (bicyclic) bond motifs is 1. The molecule has 234 valence electrons. The lowest BCUT2D eigenvalue weighted by Gasteiger charge is -2.26. The Bertz CT molecular complexity index is 2160. The molecule has 0 saturated heterocycles. The van der Waals surface area contributed by atoms with E-state index in [1.54, 1.807) is 37.8 Å². The van der Waals surface area contributed by atoms with Gasteiger partial charge in [-0.15, -0.1) is 0 Å². The van der Waals surface area contributed by atoms with Gasteiger partial charge in [0, 0.05) is 26.2 Å². The summed E-state index contributed by atoms with van der Waals surface area (Å²) in [4.78, 5) is 33.6. The molecule has 5 aromatic rings. The van der Waals surface area contributed by atoms with E-state index in [0.717, 1.165) is 31.8 Å². The first kappa shape index (κ1) is 31.6. The summed E-state index contributed by atoms with van der Waals surface area (Å²) in [5.74, 6) is 0.471. The summed E-state index contributed by atoms with van der Waals surface area (Å²) in [6, 6.07) is 24.5. The maximum Gasteiger partial charge on any atom is 0.338 e. The van der Waals surface area contributed by atoms with Crippen LogP contribution in [0.3, 0.4) is 0 Å². The van der Waals surface area contributed by atoms with Gasteiger partial charge in [0.25, 0.3) is 5.56 Å². The predicted octanol–water partition coefficient (Wildman–Crippen LogP) is 5.96. The number of nitrogens with zero attached hydrogens (tertiary/aromatic N) is 3. The molecular formula is C36H32IN3O5S. The summed E-state index contributed by atoms with van der Waals surface area (Å²) in [5, 5.41) is 0. The smallest absolute Gasteiger partial charge is 0.338 e. The average Bonchev–Trinajstić information content (AvgIpc) is 3.53. The zero-order valence-corrected chi connectivity index (χ0v) is 29.0. The highest BCUT2D eigenvalue weighted by Gasteiger charge is 2.35. The predicted molar refractivity (Wildman–Crippen MR) is 189 cm³/mol. The Hall–Kier alpha value is -4.42. The van der Waals surface area contributed by atoms with Crippen LogP contribution < -0.4 is 24.4 Å². The molecule has 0 saturated carbocycles. The van der Waals surface area contributed by atoms with Crippen molar-refractivity contribution in [1.29, 1.82) is 0 Å². The molecule has 0 fully saturated rings. The fourth-order valence-corrected chi connectivity index (χ4v) is 7.19. The summed E-state index contributed by atoms with van der Waals surface area (Å²) >= 11 is 3.59. The minimum absolute atomic E-state index is 0.170. The monoisotopic (exact) mass is 745 g/mol. The van der Waals surface area contributed by atoms with Crippen molar-refractivity contribution in [3.63, 3.8) is 0 Å². The Kier molecular flexibility index (Phi) is 9.01. The van der Waals surface area contributed by atoms with Crippen LogP contribution in [0.1, 0.15) is 41.0 Å². The fourth-order valence-electron chi connectivity index (χ4n) is 5.84. The Morgan fingerprint density at radius 1 is 0.978 bits per heavy atom. The van der Waals surface area contributed by atoms with Gasteiger partial charge >= 0.3 is 5.97 Å². The number of carbonyl (C=O) groups excluding carboxylic acids is 1. The molecule has 10 heteroatoms. The first-order valence-electron chi connectivity index (χ1n) is 14.7. The van der Waals surface area contributed by atoms with Gasteiger partial charge in [-0.1, -0.05) is 47.7 Å². The van der Waals surface area contributed by atoms with Gasteiger partial charge in [0.05, 0.1) is 42.7 Å². The Morgan fingerprint density at radius 2 is 1.70 bits per heavy atom. The number of esters is 1. The number of hydrogen-bond donors (Lipinski definition) is 0. The molecule has 0 radical (unpaired) electrons. The highest BCUT2D eigenvalue weighted by atomic mass is 127. The van der Waals surface area contributed by atoms with Gasteiger partial charge in [-0.2, -0.15) is 0 Å². The second-order valence-corrected chi connectivity index (χ2v) is 12.9. The molecule has 0 N–H and O–H groups in total. The number of aromatic nitrogens is 2. The SMILES string of the molecule is CCOC(=O)C1=C(c2ccccc2)N=c2s/c(=C\c3cc(C)n(-c4ccc(I)cc4)c3C)c(=O)n2[C@@H]1c1ccc(OC)c(OC)c1. The normalized spacial score (nSPS) is 14.6. The van der Waals surface area contributed by atoms with Gasteiger partial charge in [-0.25, -0.2) is 9.79 Å². The summed E-state index contributed by atoms with van der Waals surface area (Å²) in [6.45, 7) is 6.03. The van der Waals surface area contributed by atoms with Crippen molar-refractivity contribution in [2.45, 2.75) is 26.8 Å². The van der Waals surface area contributed by atoms with E-state index in [9.17, 15) is 9.59 Å². The van der Waals surface area contributed by atoms with Crippen molar-refractivity contribution in [3.05, 3.63) is 136 Å². The molecule has 3 heterocycles. The summed E-state index contributed by atoms with van der Waals surface area (Å²) in [7, 11) is 3.12. The fraction of sp³-hybridized carbons (Fsp3) is 0.194.